The molecule has 1 rings (SSSR count). The number of guanidine groups is 1. The lowest BCUT2D eigenvalue weighted by Gasteiger charge is -2.17. The molecule has 0 aromatic carbocycles. The van der Waals surface area contributed by atoms with Gasteiger partial charge in [0.15, 0.2) is 5.96 Å². The summed E-state index contributed by atoms with van der Waals surface area (Å²) in [6.07, 6.45) is 6.74. The van der Waals surface area contributed by atoms with Crippen LogP contribution in [-0.2, 0) is 12.0 Å². The fraction of sp³-hybridized carbons (Fsp3) is 0.765. The number of oxazole rings is 1. The van der Waals surface area contributed by atoms with E-state index in [4.69, 9.17) is 4.42 Å². The number of aromatic nitrogens is 1. The zero-order valence-corrected chi connectivity index (χ0v) is 15.0. The fourth-order valence-electron chi connectivity index (χ4n) is 2.10. The molecule has 5 heteroatoms. The van der Waals surface area contributed by atoms with Crippen molar-refractivity contribution >= 4 is 5.96 Å². The first-order valence-corrected chi connectivity index (χ1v) is 8.29. The van der Waals surface area contributed by atoms with Crippen LogP contribution in [0.25, 0.3) is 0 Å². The molecule has 126 valence electrons. The second-order valence-electron chi connectivity index (χ2n) is 6.84. The van der Waals surface area contributed by atoms with E-state index >= 15 is 0 Å². The van der Waals surface area contributed by atoms with Crippen LogP contribution in [0.3, 0.4) is 0 Å². The zero-order valence-electron chi connectivity index (χ0n) is 15.0. The monoisotopic (exact) mass is 308 g/mol. The van der Waals surface area contributed by atoms with E-state index in [-0.39, 0.29) is 5.41 Å². The molecule has 0 amide bonds. The second kappa shape index (κ2) is 8.81. The van der Waals surface area contributed by atoms with Crippen molar-refractivity contribution in [3.63, 3.8) is 0 Å². The van der Waals surface area contributed by atoms with Gasteiger partial charge in [0.1, 0.15) is 5.76 Å². The van der Waals surface area contributed by atoms with Crippen LogP contribution in [0.4, 0.5) is 0 Å². The van der Waals surface area contributed by atoms with Gasteiger partial charge in [-0.05, 0) is 13.3 Å². The van der Waals surface area contributed by atoms with Crippen LogP contribution in [0.15, 0.2) is 15.6 Å². The van der Waals surface area contributed by atoms with Crippen LogP contribution in [0, 0.1) is 0 Å². The molecule has 0 bridgehead atoms. The minimum Gasteiger partial charge on any atom is -0.443 e. The first kappa shape index (κ1) is 18.5. The molecule has 0 saturated heterocycles. The molecule has 1 aromatic rings. The maximum absolute atomic E-state index is 5.77. The highest BCUT2D eigenvalue weighted by atomic mass is 16.4. The van der Waals surface area contributed by atoms with Crippen molar-refractivity contribution in [2.75, 3.05) is 7.05 Å². The average molecular weight is 308 g/mol. The molecule has 0 saturated carbocycles. The van der Waals surface area contributed by atoms with Gasteiger partial charge >= 0.3 is 0 Å². The van der Waals surface area contributed by atoms with Gasteiger partial charge in [-0.15, -0.1) is 0 Å². The van der Waals surface area contributed by atoms with E-state index in [1.54, 1.807) is 13.2 Å². The van der Waals surface area contributed by atoms with Crippen molar-refractivity contribution in [1.82, 2.24) is 15.6 Å². The topological polar surface area (TPSA) is 62.5 Å². The van der Waals surface area contributed by atoms with Crippen molar-refractivity contribution in [2.45, 2.75) is 78.3 Å². The highest BCUT2D eigenvalue weighted by Crippen LogP contribution is 2.22. The van der Waals surface area contributed by atoms with Gasteiger partial charge in [0.2, 0.25) is 5.89 Å². The number of rotatable bonds is 7. The van der Waals surface area contributed by atoms with Gasteiger partial charge in [0.25, 0.3) is 0 Å². The summed E-state index contributed by atoms with van der Waals surface area (Å²) in [6.45, 7) is 11.3. The Balaban J connectivity index is 2.42. The van der Waals surface area contributed by atoms with Crippen LogP contribution >= 0.6 is 0 Å². The van der Waals surface area contributed by atoms with Gasteiger partial charge in [-0.3, -0.25) is 4.99 Å². The Kier molecular flexibility index (Phi) is 7.42. The average Bonchev–Trinajstić information content (AvgIpc) is 2.92. The van der Waals surface area contributed by atoms with E-state index in [2.05, 4.69) is 55.2 Å². The third kappa shape index (κ3) is 6.50. The minimum atomic E-state index is -0.0149. The molecule has 0 fully saturated rings. The molecule has 1 heterocycles. The summed E-state index contributed by atoms with van der Waals surface area (Å²) in [5, 5.41) is 6.66. The number of hydrogen-bond acceptors (Lipinski definition) is 3. The number of aliphatic imine (C=N–C) groups is 1. The van der Waals surface area contributed by atoms with Crippen molar-refractivity contribution in [3.8, 4) is 0 Å². The Morgan fingerprint density at radius 1 is 1.36 bits per heavy atom. The largest absolute Gasteiger partial charge is 0.443 e. The van der Waals surface area contributed by atoms with E-state index in [0.717, 1.165) is 18.1 Å². The Hall–Kier alpha value is -1.52. The highest BCUT2D eigenvalue weighted by Gasteiger charge is 2.19. The molecule has 1 aromatic heterocycles. The van der Waals surface area contributed by atoms with Gasteiger partial charge in [0.05, 0.1) is 12.7 Å². The molecule has 1 unspecified atom stereocenters. The Morgan fingerprint density at radius 3 is 2.64 bits per heavy atom. The van der Waals surface area contributed by atoms with Crippen LogP contribution in [0.5, 0.6) is 0 Å². The number of hydrogen-bond donors (Lipinski definition) is 2. The lowest BCUT2D eigenvalue weighted by molar-refractivity contribution is 0.379. The molecular weight excluding hydrogens is 276 g/mol. The van der Waals surface area contributed by atoms with Crippen LogP contribution in [0.1, 0.15) is 72.0 Å². The van der Waals surface area contributed by atoms with E-state index in [0.29, 0.717) is 18.5 Å². The van der Waals surface area contributed by atoms with Gasteiger partial charge in [-0.25, -0.2) is 4.98 Å². The molecule has 0 aliphatic heterocycles. The maximum atomic E-state index is 5.77. The summed E-state index contributed by atoms with van der Waals surface area (Å²) >= 11 is 0. The lowest BCUT2D eigenvalue weighted by atomic mass is 9.94. The smallest absolute Gasteiger partial charge is 0.213 e. The summed E-state index contributed by atoms with van der Waals surface area (Å²) in [5.74, 6) is 2.38. The van der Waals surface area contributed by atoms with E-state index < -0.39 is 0 Å². The third-order valence-electron chi connectivity index (χ3n) is 3.55. The van der Waals surface area contributed by atoms with E-state index in [1.807, 2.05) is 0 Å². The number of unbranched alkanes of at least 4 members (excludes halogenated alkanes) is 2. The summed E-state index contributed by atoms with van der Waals surface area (Å²) in [7, 11) is 1.78. The molecule has 0 spiro atoms. The molecular formula is C17H32N4O. The Bertz CT molecular complexity index is 459. The van der Waals surface area contributed by atoms with Crippen LogP contribution in [-0.4, -0.2) is 24.0 Å². The van der Waals surface area contributed by atoms with E-state index in [1.165, 1.54) is 19.3 Å². The molecule has 0 aliphatic carbocycles. The number of nitrogens with zero attached hydrogens (tertiary/aromatic N) is 2. The predicted octanol–water partition coefficient (Wildman–Crippen LogP) is 3.61. The zero-order chi connectivity index (χ0) is 16.6. The molecule has 22 heavy (non-hydrogen) atoms. The molecule has 2 N–H and O–H groups in total. The third-order valence-corrected chi connectivity index (χ3v) is 3.55. The van der Waals surface area contributed by atoms with Crippen LogP contribution < -0.4 is 10.6 Å². The predicted molar refractivity (Wildman–Crippen MR) is 92.1 cm³/mol. The van der Waals surface area contributed by atoms with Gasteiger partial charge in [0, 0.05) is 18.5 Å². The summed E-state index contributed by atoms with van der Waals surface area (Å²) < 4.78 is 5.77. The molecule has 1 atom stereocenters. The van der Waals surface area contributed by atoms with Crippen molar-refractivity contribution in [2.24, 2.45) is 4.99 Å². The summed E-state index contributed by atoms with van der Waals surface area (Å²) in [4.78, 5) is 8.57. The quantitative estimate of drug-likeness (QED) is 0.459. The lowest BCUT2D eigenvalue weighted by Crippen LogP contribution is -2.41. The fourth-order valence-corrected chi connectivity index (χ4v) is 2.10. The van der Waals surface area contributed by atoms with Crippen LogP contribution in [0.2, 0.25) is 0 Å². The van der Waals surface area contributed by atoms with Crippen molar-refractivity contribution in [3.05, 3.63) is 17.8 Å². The number of nitrogens with one attached hydrogen (secondary N) is 2. The first-order chi connectivity index (χ1) is 10.4. The Labute approximate surface area is 135 Å². The summed E-state index contributed by atoms with van der Waals surface area (Å²) in [5.41, 5.74) is -0.0149. The maximum Gasteiger partial charge on any atom is 0.213 e. The standard InChI is InChI=1S/C17H32N4O/c1-7-8-9-10-13(2)21-16(18-6)20-12-15-19-11-14(22-15)17(3,4)5/h11,13H,7-10,12H2,1-6H3,(H2,18,20,21). The van der Waals surface area contributed by atoms with Gasteiger partial charge in [-0.2, -0.15) is 0 Å². The summed E-state index contributed by atoms with van der Waals surface area (Å²) in [6, 6.07) is 0.410. The van der Waals surface area contributed by atoms with Crippen molar-refractivity contribution in [1.29, 1.82) is 0 Å². The molecule has 5 nitrogen and oxygen atoms in total. The second-order valence-corrected chi connectivity index (χ2v) is 6.84. The van der Waals surface area contributed by atoms with E-state index in [9.17, 15) is 0 Å². The first-order valence-electron chi connectivity index (χ1n) is 8.29. The van der Waals surface area contributed by atoms with Crippen molar-refractivity contribution < 1.29 is 4.42 Å². The minimum absolute atomic E-state index is 0.0149. The highest BCUT2D eigenvalue weighted by molar-refractivity contribution is 5.79. The Morgan fingerprint density at radius 2 is 2.09 bits per heavy atom. The molecule has 0 radical (unpaired) electrons. The SMILES string of the molecule is CCCCCC(C)NC(=NC)NCc1ncc(C(C)(C)C)o1. The normalized spacial score (nSPS) is 14.0. The van der Waals surface area contributed by atoms with Gasteiger partial charge in [-0.1, -0.05) is 47.0 Å². The molecule has 0 aliphatic rings. The van der Waals surface area contributed by atoms with Gasteiger partial charge < -0.3 is 15.1 Å².